The number of likely N-dealkylation sites (tertiary alicyclic amines) is 1. The Morgan fingerprint density at radius 1 is 1.43 bits per heavy atom. The molecule has 1 fully saturated rings. The predicted octanol–water partition coefficient (Wildman–Crippen LogP) is 2.22. The van der Waals surface area contributed by atoms with Crippen LogP contribution in [0.2, 0.25) is 0 Å². The molecule has 3 N–H and O–H groups in total. The first-order valence-electron chi connectivity index (χ1n) is 6.41. The van der Waals surface area contributed by atoms with Crippen LogP contribution in [0.5, 0.6) is 0 Å². The van der Waals surface area contributed by atoms with Crippen LogP contribution in [-0.4, -0.2) is 34.7 Å². The third-order valence-corrected chi connectivity index (χ3v) is 4.12. The molecule has 3 rings (SSSR count). The minimum atomic E-state index is -0.551. The highest BCUT2D eigenvalue weighted by atomic mass is 35.5. The molecule has 1 saturated heterocycles. The van der Waals surface area contributed by atoms with E-state index in [2.05, 4.69) is 22.9 Å². The SMILES string of the molecule is Cl.NC1=NC2(CCN(C(=O)S)CC2)Nc2cccc(F)c21. The van der Waals surface area contributed by atoms with Gasteiger partial charge >= 0.3 is 0 Å². The van der Waals surface area contributed by atoms with Gasteiger partial charge in [-0.25, -0.2) is 9.38 Å². The summed E-state index contributed by atoms with van der Waals surface area (Å²) in [5.41, 5.74) is 6.35. The van der Waals surface area contributed by atoms with Crippen molar-refractivity contribution in [3.63, 3.8) is 0 Å². The van der Waals surface area contributed by atoms with E-state index < -0.39 is 5.66 Å². The molecule has 2 heterocycles. The lowest BCUT2D eigenvalue weighted by Crippen LogP contribution is -2.51. The molecular weight excluding hydrogens is 315 g/mol. The lowest BCUT2D eigenvalue weighted by molar-refractivity contribution is 0.189. The summed E-state index contributed by atoms with van der Waals surface area (Å²) in [4.78, 5) is 17.3. The van der Waals surface area contributed by atoms with Crippen molar-refractivity contribution in [1.29, 1.82) is 0 Å². The fourth-order valence-corrected chi connectivity index (χ4v) is 2.96. The first-order chi connectivity index (χ1) is 9.51. The van der Waals surface area contributed by atoms with E-state index in [1.54, 1.807) is 17.0 Å². The maximum Gasteiger partial charge on any atom is 0.278 e. The van der Waals surface area contributed by atoms with Gasteiger partial charge in [0, 0.05) is 31.6 Å². The molecule has 0 aromatic heterocycles. The van der Waals surface area contributed by atoms with Crippen LogP contribution in [0.4, 0.5) is 14.9 Å². The number of fused-ring (bicyclic) bond motifs is 1. The Bertz CT molecular complexity index is 602. The zero-order chi connectivity index (χ0) is 14.3. The average Bonchev–Trinajstić information content (AvgIpc) is 2.38. The van der Waals surface area contributed by atoms with Gasteiger partial charge in [-0.15, -0.1) is 12.4 Å². The van der Waals surface area contributed by atoms with Crippen LogP contribution in [0.15, 0.2) is 23.2 Å². The molecule has 0 saturated carbocycles. The Hall–Kier alpha value is -1.47. The number of anilines is 1. The second-order valence-corrected chi connectivity index (χ2v) is 5.47. The van der Waals surface area contributed by atoms with Gasteiger partial charge < -0.3 is 16.0 Å². The molecule has 0 radical (unpaired) electrons. The Morgan fingerprint density at radius 2 is 2.10 bits per heavy atom. The number of hydrogen-bond acceptors (Lipinski definition) is 4. The maximum absolute atomic E-state index is 13.8. The van der Waals surface area contributed by atoms with Crippen molar-refractivity contribution in [3.8, 4) is 0 Å². The van der Waals surface area contributed by atoms with Crippen LogP contribution in [-0.2, 0) is 0 Å². The second kappa shape index (κ2) is 5.73. The summed E-state index contributed by atoms with van der Waals surface area (Å²) in [5.74, 6) is -0.170. The molecule has 21 heavy (non-hydrogen) atoms. The molecule has 5 nitrogen and oxygen atoms in total. The van der Waals surface area contributed by atoms with E-state index in [9.17, 15) is 9.18 Å². The van der Waals surface area contributed by atoms with Gasteiger partial charge in [0.05, 0.1) is 5.56 Å². The topological polar surface area (TPSA) is 70.7 Å². The van der Waals surface area contributed by atoms with Crippen LogP contribution in [0.1, 0.15) is 18.4 Å². The molecule has 1 amide bonds. The fourth-order valence-electron chi connectivity index (χ4n) is 2.76. The molecule has 0 unspecified atom stereocenters. The average molecular weight is 331 g/mol. The van der Waals surface area contributed by atoms with E-state index in [0.717, 1.165) is 0 Å². The lowest BCUT2D eigenvalue weighted by Gasteiger charge is -2.42. The quantitative estimate of drug-likeness (QED) is 0.639. The maximum atomic E-state index is 13.8. The predicted molar refractivity (Wildman–Crippen MR) is 85.9 cm³/mol. The molecule has 2 aliphatic rings. The smallest absolute Gasteiger partial charge is 0.278 e. The van der Waals surface area contributed by atoms with Crippen LogP contribution in [0.3, 0.4) is 0 Å². The highest BCUT2D eigenvalue weighted by molar-refractivity contribution is 7.96. The molecular formula is C13H16ClFN4OS. The molecule has 0 aliphatic carbocycles. The summed E-state index contributed by atoms with van der Waals surface area (Å²) in [6, 6.07) is 4.79. The van der Waals surface area contributed by atoms with Gasteiger partial charge in [-0.05, 0) is 12.1 Å². The van der Waals surface area contributed by atoms with E-state index >= 15 is 0 Å². The number of nitrogens with zero attached hydrogens (tertiary/aromatic N) is 2. The largest absolute Gasteiger partial charge is 0.383 e. The number of benzene rings is 1. The summed E-state index contributed by atoms with van der Waals surface area (Å²) >= 11 is 3.83. The third kappa shape index (κ3) is 2.80. The number of halogens is 2. The van der Waals surface area contributed by atoms with Crippen molar-refractivity contribution in [3.05, 3.63) is 29.6 Å². The van der Waals surface area contributed by atoms with Gasteiger partial charge in [0.25, 0.3) is 5.24 Å². The van der Waals surface area contributed by atoms with Crippen molar-refractivity contribution in [2.75, 3.05) is 18.4 Å². The number of nitrogens with one attached hydrogen (secondary N) is 1. The number of rotatable bonds is 0. The zero-order valence-electron chi connectivity index (χ0n) is 11.2. The van der Waals surface area contributed by atoms with E-state index in [0.29, 0.717) is 37.2 Å². The van der Waals surface area contributed by atoms with Crippen molar-refractivity contribution < 1.29 is 9.18 Å². The van der Waals surface area contributed by atoms with Crippen LogP contribution in [0.25, 0.3) is 0 Å². The summed E-state index contributed by atoms with van der Waals surface area (Å²) < 4.78 is 13.8. The van der Waals surface area contributed by atoms with Crippen molar-refractivity contribution in [2.24, 2.45) is 10.7 Å². The molecule has 8 heteroatoms. The molecule has 114 valence electrons. The number of hydrogen-bond donors (Lipinski definition) is 3. The fraction of sp³-hybridized carbons (Fsp3) is 0.385. The standard InChI is InChI=1S/C13H15FN4OS.ClH/c14-8-2-1-3-9-10(8)11(15)17-13(16-9)4-6-18(7-5-13)12(19)20;/h1-3,16H,4-7H2,(H2,15,17)(H,19,20);1H. The molecule has 1 aromatic rings. The highest BCUT2D eigenvalue weighted by Gasteiger charge is 2.39. The van der Waals surface area contributed by atoms with E-state index in [-0.39, 0.29) is 29.3 Å². The number of amides is 1. The van der Waals surface area contributed by atoms with Gasteiger partial charge in [0.1, 0.15) is 17.3 Å². The molecule has 1 spiro atoms. The van der Waals surface area contributed by atoms with Crippen molar-refractivity contribution >= 4 is 41.8 Å². The number of carbonyl (C=O) groups is 1. The van der Waals surface area contributed by atoms with Crippen molar-refractivity contribution in [1.82, 2.24) is 4.90 Å². The van der Waals surface area contributed by atoms with Gasteiger partial charge in [0.2, 0.25) is 0 Å². The first-order valence-corrected chi connectivity index (χ1v) is 6.86. The Morgan fingerprint density at radius 3 is 2.71 bits per heavy atom. The normalized spacial score (nSPS) is 19.1. The van der Waals surface area contributed by atoms with E-state index in [1.807, 2.05) is 0 Å². The number of amidine groups is 1. The number of nitrogens with two attached hydrogens (primary N) is 1. The van der Waals surface area contributed by atoms with Gasteiger partial charge in [-0.1, -0.05) is 18.7 Å². The zero-order valence-corrected chi connectivity index (χ0v) is 12.9. The monoisotopic (exact) mass is 330 g/mol. The first kappa shape index (κ1) is 15.9. The van der Waals surface area contributed by atoms with Gasteiger partial charge in [-0.3, -0.25) is 4.79 Å². The minimum Gasteiger partial charge on any atom is -0.383 e. The summed E-state index contributed by atoms with van der Waals surface area (Å²) in [6.07, 6.45) is 1.24. The van der Waals surface area contributed by atoms with Gasteiger partial charge in [-0.2, -0.15) is 0 Å². The highest BCUT2D eigenvalue weighted by Crippen LogP contribution is 2.35. The van der Waals surface area contributed by atoms with E-state index in [1.165, 1.54) is 6.07 Å². The third-order valence-electron chi connectivity index (χ3n) is 3.83. The second-order valence-electron chi connectivity index (χ2n) is 5.09. The summed E-state index contributed by atoms with van der Waals surface area (Å²) in [5, 5.41) is 3.04. The van der Waals surface area contributed by atoms with Gasteiger partial charge in [0.15, 0.2) is 0 Å². The molecule has 1 aromatic carbocycles. The molecule has 0 atom stereocenters. The molecule has 2 aliphatic heterocycles. The number of thiol groups is 1. The van der Waals surface area contributed by atoms with Crippen LogP contribution in [0, 0.1) is 5.82 Å². The number of piperidine rings is 1. The van der Waals surface area contributed by atoms with E-state index in [4.69, 9.17) is 5.73 Å². The Labute approximate surface area is 133 Å². The summed E-state index contributed by atoms with van der Waals surface area (Å²) in [7, 11) is 0. The summed E-state index contributed by atoms with van der Waals surface area (Å²) in [6.45, 7) is 1.10. The lowest BCUT2D eigenvalue weighted by atomic mass is 9.94. The van der Waals surface area contributed by atoms with Crippen molar-refractivity contribution in [2.45, 2.75) is 18.5 Å². The molecule has 0 bridgehead atoms. The minimum absolute atomic E-state index is 0. The Balaban J connectivity index is 0.00000161. The number of carbonyl (C=O) groups excluding carboxylic acids is 1. The van der Waals surface area contributed by atoms with Crippen LogP contribution < -0.4 is 11.1 Å². The Kier molecular flexibility index (Phi) is 4.34. The van der Waals surface area contributed by atoms with Crippen LogP contribution >= 0.6 is 25.0 Å². The number of aliphatic imine (C=N–C) groups is 1.